The lowest BCUT2D eigenvalue weighted by molar-refractivity contribution is -0.113. The number of nitrogens with one attached hydrogen (secondary N) is 1. The third-order valence-corrected chi connectivity index (χ3v) is 6.34. The first-order valence-corrected chi connectivity index (χ1v) is 11.3. The molecule has 1 fully saturated rings. The predicted octanol–water partition coefficient (Wildman–Crippen LogP) is 6.36. The van der Waals surface area contributed by atoms with Gasteiger partial charge in [0.25, 0.3) is 0 Å². The summed E-state index contributed by atoms with van der Waals surface area (Å²) in [7, 11) is 0. The van der Waals surface area contributed by atoms with Crippen molar-refractivity contribution in [1.29, 1.82) is 0 Å². The second kappa shape index (κ2) is 9.23. The molecule has 5 heteroatoms. The smallest absolute Gasteiger partial charge is 0.234 e. The molecule has 0 spiro atoms. The van der Waals surface area contributed by atoms with Crippen LogP contribution in [0.4, 0.5) is 11.4 Å². The number of amides is 1. The summed E-state index contributed by atoms with van der Waals surface area (Å²) >= 11 is 8.03. The maximum atomic E-state index is 12.6. The Bertz CT molecular complexity index is 808. The molecule has 0 aliphatic carbocycles. The van der Waals surface area contributed by atoms with Crippen LogP contribution in [0.15, 0.2) is 47.4 Å². The molecule has 28 heavy (non-hydrogen) atoms. The maximum Gasteiger partial charge on any atom is 0.234 e. The molecule has 1 N–H and O–H groups in total. The molecule has 3 rings (SSSR count). The minimum absolute atomic E-state index is 0.00887. The summed E-state index contributed by atoms with van der Waals surface area (Å²) in [5, 5.41) is 3.77. The molecule has 0 saturated carbocycles. The van der Waals surface area contributed by atoms with Gasteiger partial charge in [0, 0.05) is 18.0 Å². The van der Waals surface area contributed by atoms with E-state index in [1.807, 2.05) is 18.2 Å². The van der Waals surface area contributed by atoms with Crippen LogP contribution in [0.2, 0.25) is 5.02 Å². The number of hydrogen-bond acceptors (Lipinski definition) is 3. The van der Waals surface area contributed by atoms with Gasteiger partial charge in [-0.05, 0) is 54.5 Å². The Balaban J connectivity index is 1.63. The highest BCUT2D eigenvalue weighted by molar-refractivity contribution is 8.00. The molecule has 0 unspecified atom stereocenters. The number of halogens is 1. The van der Waals surface area contributed by atoms with Gasteiger partial charge in [-0.15, -0.1) is 11.8 Å². The van der Waals surface area contributed by atoms with Gasteiger partial charge < -0.3 is 10.2 Å². The number of piperidine rings is 1. The Morgan fingerprint density at radius 1 is 1.07 bits per heavy atom. The molecule has 0 atom stereocenters. The third-order valence-electron chi connectivity index (χ3n) is 5.02. The summed E-state index contributed by atoms with van der Waals surface area (Å²) in [5.74, 6) is 0.367. The number of thioether (sulfide) groups is 1. The van der Waals surface area contributed by atoms with Crippen LogP contribution < -0.4 is 10.2 Å². The second-order valence-corrected chi connectivity index (χ2v) is 9.75. The van der Waals surface area contributed by atoms with Gasteiger partial charge in [-0.2, -0.15) is 0 Å². The van der Waals surface area contributed by atoms with E-state index in [-0.39, 0.29) is 11.3 Å². The van der Waals surface area contributed by atoms with Crippen LogP contribution in [0.3, 0.4) is 0 Å². The van der Waals surface area contributed by atoms with Crippen molar-refractivity contribution < 1.29 is 4.79 Å². The van der Waals surface area contributed by atoms with Gasteiger partial charge in [0.15, 0.2) is 0 Å². The number of carbonyl (C=O) groups is 1. The van der Waals surface area contributed by atoms with Crippen molar-refractivity contribution in [3.63, 3.8) is 0 Å². The number of nitrogens with zero attached hydrogens (tertiary/aromatic N) is 1. The molecule has 1 aliphatic heterocycles. The standard InChI is InChI=1S/C23H29ClN2OS/c1-23(2,3)17-10-12-18(13-11-17)28-16-21(27)25-20-9-7-8-19(24)22(20)26-14-5-4-6-15-26/h7-13H,4-6,14-16H2,1-3H3,(H,25,27). The number of rotatable bonds is 5. The van der Waals surface area contributed by atoms with Crippen molar-refractivity contribution in [3.8, 4) is 0 Å². The van der Waals surface area contributed by atoms with E-state index >= 15 is 0 Å². The predicted molar refractivity (Wildman–Crippen MR) is 122 cm³/mol. The minimum atomic E-state index is -0.00887. The van der Waals surface area contributed by atoms with Crippen molar-refractivity contribution in [2.24, 2.45) is 0 Å². The normalized spacial score (nSPS) is 14.8. The summed E-state index contributed by atoms with van der Waals surface area (Å²) in [6, 6.07) is 14.2. The summed E-state index contributed by atoms with van der Waals surface area (Å²) < 4.78 is 0. The summed E-state index contributed by atoms with van der Waals surface area (Å²) in [4.78, 5) is 16.0. The third kappa shape index (κ3) is 5.45. The quantitative estimate of drug-likeness (QED) is 0.575. The van der Waals surface area contributed by atoms with Crippen LogP contribution in [0.5, 0.6) is 0 Å². The van der Waals surface area contributed by atoms with Crippen molar-refractivity contribution in [2.75, 3.05) is 29.1 Å². The Labute approximate surface area is 177 Å². The van der Waals surface area contributed by atoms with E-state index in [0.717, 1.165) is 29.4 Å². The van der Waals surface area contributed by atoms with Crippen LogP contribution in [0.25, 0.3) is 0 Å². The van der Waals surface area contributed by atoms with Crippen LogP contribution in [-0.2, 0) is 10.2 Å². The Hall–Kier alpha value is -1.65. The van der Waals surface area contributed by atoms with E-state index in [4.69, 9.17) is 11.6 Å². The van der Waals surface area contributed by atoms with Crippen LogP contribution in [0.1, 0.15) is 45.6 Å². The zero-order chi connectivity index (χ0) is 20.1. The molecular weight excluding hydrogens is 388 g/mol. The fourth-order valence-electron chi connectivity index (χ4n) is 3.44. The molecular formula is C23H29ClN2OS. The number of benzene rings is 2. The number of para-hydroxylation sites is 1. The average Bonchev–Trinajstić information content (AvgIpc) is 2.67. The Kier molecular flexibility index (Phi) is 6.95. The lowest BCUT2D eigenvalue weighted by atomic mass is 9.87. The minimum Gasteiger partial charge on any atom is -0.369 e. The molecule has 0 aromatic heterocycles. The van der Waals surface area contributed by atoms with Crippen LogP contribution in [0, 0.1) is 0 Å². The molecule has 1 aliphatic rings. The molecule has 1 heterocycles. The van der Waals surface area contributed by atoms with E-state index in [2.05, 4.69) is 55.3 Å². The van der Waals surface area contributed by atoms with Crippen molar-refractivity contribution in [3.05, 3.63) is 53.1 Å². The fourth-order valence-corrected chi connectivity index (χ4v) is 4.43. The Morgan fingerprint density at radius 2 is 1.75 bits per heavy atom. The van der Waals surface area contributed by atoms with Crippen molar-refractivity contribution >= 4 is 40.6 Å². The molecule has 150 valence electrons. The second-order valence-electron chi connectivity index (χ2n) is 8.29. The van der Waals surface area contributed by atoms with Crippen molar-refractivity contribution in [2.45, 2.75) is 50.3 Å². The monoisotopic (exact) mass is 416 g/mol. The highest BCUT2D eigenvalue weighted by Crippen LogP contribution is 2.35. The van der Waals surface area contributed by atoms with Gasteiger partial charge in [0.2, 0.25) is 5.91 Å². The van der Waals surface area contributed by atoms with Gasteiger partial charge >= 0.3 is 0 Å². The van der Waals surface area contributed by atoms with E-state index in [1.54, 1.807) is 11.8 Å². The zero-order valence-corrected chi connectivity index (χ0v) is 18.5. The molecule has 1 amide bonds. The summed E-state index contributed by atoms with van der Waals surface area (Å²) in [6.07, 6.45) is 3.59. The zero-order valence-electron chi connectivity index (χ0n) is 16.9. The summed E-state index contributed by atoms with van der Waals surface area (Å²) in [6.45, 7) is 8.58. The molecule has 3 nitrogen and oxygen atoms in total. The lowest BCUT2D eigenvalue weighted by Gasteiger charge is -2.31. The molecule has 2 aromatic carbocycles. The average molecular weight is 417 g/mol. The van der Waals surface area contributed by atoms with Gasteiger partial charge in [0.05, 0.1) is 22.2 Å². The first-order valence-electron chi connectivity index (χ1n) is 9.91. The fraction of sp³-hybridized carbons (Fsp3) is 0.435. The number of anilines is 2. The van der Waals surface area contributed by atoms with Gasteiger partial charge in [0.1, 0.15) is 0 Å². The van der Waals surface area contributed by atoms with Gasteiger partial charge in [-0.1, -0.05) is 50.6 Å². The van der Waals surface area contributed by atoms with Crippen molar-refractivity contribution in [1.82, 2.24) is 0 Å². The first kappa shape index (κ1) is 21.1. The SMILES string of the molecule is CC(C)(C)c1ccc(SCC(=O)Nc2cccc(Cl)c2N2CCCCC2)cc1. The highest BCUT2D eigenvalue weighted by Gasteiger charge is 2.19. The van der Waals surface area contributed by atoms with E-state index in [0.29, 0.717) is 10.8 Å². The van der Waals surface area contributed by atoms with Crippen LogP contribution in [-0.4, -0.2) is 24.7 Å². The van der Waals surface area contributed by atoms with Gasteiger partial charge in [-0.25, -0.2) is 0 Å². The van der Waals surface area contributed by atoms with E-state index < -0.39 is 0 Å². The van der Waals surface area contributed by atoms with E-state index in [1.165, 1.54) is 24.8 Å². The first-order chi connectivity index (χ1) is 13.3. The maximum absolute atomic E-state index is 12.6. The topological polar surface area (TPSA) is 32.3 Å². The summed E-state index contributed by atoms with van der Waals surface area (Å²) in [5.41, 5.74) is 3.20. The largest absolute Gasteiger partial charge is 0.369 e. The van der Waals surface area contributed by atoms with E-state index in [9.17, 15) is 4.79 Å². The lowest BCUT2D eigenvalue weighted by Crippen LogP contribution is -2.30. The molecule has 0 radical (unpaired) electrons. The van der Waals surface area contributed by atoms with Crippen LogP contribution >= 0.6 is 23.4 Å². The number of carbonyl (C=O) groups excluding carboxylic acids is 1. The Morgan fingerprint density at radius 3 is 2.39 bits per heavy atom. The molecule has 2 aromatic rings. The van der Waals surface area contributed by atoms with Gasteiger partial charge in [-0.3, -0.25) is 4.79 Å². The molecule has 0 bridgehead atoms. The highest BCUT2D eigenvalue weighted by atomic mass is 35.5. The number of hydrogen-bond donors (Lipinski definition) is 1. The molecule has 1 saturated heterocycles.